The van der Waals surface area contributed by atoms with Gasteiger partial charge in [-0.05, 0) is 47.3 Å². The molecule has 0 saturated heterocycles. The van der Waals surface area contributed by atoms with E-state index < -0.39 is 5.91 Å². The summed E-state index contributed by atoms with van der Waals surface area (Å²) in [5, 5.41) is 3.51. The maximum absolute atomic E-state index is 12.9. The summed E-state index contributed by atoms with van der Waals surface area (Å²) in [7, 11) is 0. The number of aryl methyl sites for hydroxylation is 1. The average Bonchev–Trinajstić information content (AvgIpc) is 3.31. The van der Waals surface area contributed by atoms with Crippen LogP contribution in [0.4, 0.5) is 0 Å². The molecule has 186 valence electrons. The zero-order chi connectivity index (χ0) is 24.8. The summed E-state index contributed by atoms with van der Waals surface area (Å²) in [6.45, 7) is 1.67. The molecule has 0 aliphatic carbocycles. The Morgan fingerprint density at radius 2 is 2.14 bits per heavy atom. The normalized spacial score (nSPS) is 17.6. The number of hydrogen-bond donors (Lipinski definition) is 3. The molecule has 11 heteroatoms. The van der Waals surface area contributed by atoms with Crippen molar-refractivity contribution in [1.29, 1.82) is 0 Å². The van der Waals surface area contributed by atoms with Gasteiger partial charge in [0.05, 0.1) is 11.1 Å². The summed E-state index contributed by atoms with van der Waals surface area (Å²) in [6.07, 6.45) is 2.71. The van der Waals surface area contributed by atoms with Gasteiger partial charge in [0.25, 0.3) is 11.5 Å². The summed E-state index contributed by atoms with van der Waals surface area (Å²) in [4.78, 5) is 48.8. The molecule has 0 unspecified atom stereocenters. The number of H-pyrrole nitrogens is 1. The minimum atomic E-state index is -0.419. The minimum absolute atomic E-state index is 0.0304. The third kappa shape index (κ3) is 4.16. The predicted octanol–water partition coefficient (Wildman–Crippen LogP) is 2.18. The number of aromatic amines is 1. The fourth-order valence-corrected chi connectivity index (χ4v) is 7.39. The molecule has 3 aliphatic heterocycles. The van der Waals surface area contributed by atoms with E-state index in [0.29, 0.717) is 34.7 Å². The Bertz CT molecular complexity index is 1490. The first-order chi connectivity index (χ1) is 17.5. The number of fused-ring (bicyclic) bond motifs is 4. The molecule has 3 aromatic rings. The standard InChI is InChI=1S/C25H25N5O4S2/c26-17-11-34-25(33)20(17)30-6-5-14-4-3-13(8-15(14)10-30)9-27-23(32)21-28-22(31)19-16-2-1-7-35-12-18(16)36-24(19)29-21/h3-4,8H,1-2,5-7,9-12,26H2,(H,27,32)(H,28,29,31). The molecule has 1 amide bonds. The SMILES string of the molecule is NC1=C(N2CCc3ccc(CNC(=O)c4nc5sc6c(c5c(=O)[nH]4)CCCSC6)cc3C2)C(=O)OC1. The maximum Gasteiger partial charge on any atom is 0.356 e. The van der Waals surface area contributed by atoms with Gasteiger partial charge in [0.15, 0.2) is 0 Å². The number of hydrogen-bond acceptors (Lipinski definition) is 9. The fraction of sp³-hybridized carbons (Fsp3) is 0.360. The van der Waals surface area contributed by atoms with Crippen molar-refractivity contribution in [3.8, 4) is 0 Å². The first-order valence-corrected chi connectivity index (χ1v) is 13.9. The number of ether oxygens (including phenoxy) is 1. The van der Waals surface area contributed by atoms with E-state index in [1.807, 2.05) is 28.8 Å². The molecule has 36 heavy (non-hydrogen) atoms. The molecule has 5 heterocycles. The van der Waals surface area contributed by atoms with E-state index in [-0.39, 0.29) is 30.5 Å². The summed E-state index contributed by atoms with van der Waals surface area (Å²) < 4.78 is 5.06. The fourth-order valence-electron chi connectivity index (χ4n) is 5.04. The molecule has 0 bridgehead atoms. The van der Waals surface area contributed by atoms with Gasteiger partial charge in [-0.25, -0.2) is 9.78 Å². The van der Waals surface area contributed by atoms with Crippen LogP contribution < -0.4 is 16.6 Å². The van der Waals surface area contributed by atoms with Crippen molar-refractivity contribution in [2.24, 2.45) is 5.73 Å². The molecule has 0 fully saturated rings. The van der Waals surface area contributed by atoms with Crippen LogP contribution >= 0.6 is 23.1 Å². The van der Waals surface area contributed by atoms with Crippen LogP contribution in [0.5, 0.6) is 0 Å². The Morgan fingerprint density at radius 3 is 2.97 bits per heavy atom. The first kappa shape index (κ1) is 23.1. The van der Waals surface area contributed by atoms with E-state index in [2.05, 4.69) is 21.4 Å². The molecule has 2 aromatic heterocycles. The van der Waals surface area contributed by atoms with Gasteiger partial charge in [0, 0.05) is 30.3 Å². The highest BCUT2D eigenvalue weighted by Gasteiger charge is 2.30. The quantitative estimate of drug-likeness (QED) is 0.444. The number of nitrogens with zero attached hydrogens (tertiary/aromatic N) is 2. The number of nitrogens with two attached hydrogens (primary N) is 1. The molecule has 0 radical (unpaired) electrons. The molecule has 3 aliphatic rings. The van der Waals surface area contributed by atoms with Crippen LogP contribution in [-0.2, 0) is 41.2 Å². The number of benzene rings is 1. The van der Waals surface area contributed by atoms with Crippen molar-refractivity contribution in [2.75, 3.05) is 18.9 Å². The average molecular weight is 524 g/mol. The highest BCUT2D eigenvalue weighted by molar-refractivity contribution is 7.98. The highest BCUT2D eigenvalue weighted by atomic mass is 32.2. The highest BCUT2D eigenvalue weighted by Crippen LogP contribution is 2.34. The number of esters is 1. The van der Waals surface area contributed by atoms with Gasteiger partial charge < -0.3 is 25.7 Å². The van der Waals surface area contributed by atoms with Gasteiger partial charge >= 0.3 is 5.97 Å². The Hall–Kier alpha value is -3.31. The minimum Gasteiger partial charge on any atom is -0.454 e. The Labute approximate surface area is 215 Å². The lowest BCUT2D eigenvalue weighted by Gasteiger charge is -2.30. The maximum atomic E-state index is 12.9. The van der Waals surface area contributed by atoms with Crippen molar-refractivity contribution in [3.05, 3.63) is 72.9 Å². The van der Waals surface area contributed by atoms with Crippen LogP contribution in [0.2, 0.25) is 0 Å². The van der Waals surface area contributed by atoms with Crippen molar-refractivity contribution >= 4 is 45.2 Å². The number of rotatable bonds is 4. The summed E-state index contributed by atoms with van der Waals surface area (Å²) in [5.41, 5.74) is 10.9. The second-order valence-electron chi connectivity index (χ2n) is 9.16. The van der Waals surface area contributed by atoms with Gasteiger partial charge in [-0.2, -0.15) is 11.8 Å². The Kier molecular flexibility index (Phi) is 5.96. The van der Waals surface area contributed by atoms with E-state index in [0.717, 1.165) is 47.5 Å². The lowest BCUT2D eigenvalue weighted by molar-refractivity contribution is -0.137. The third-order valence-electron chi connectivity index (χ3n) is 6.82. The van der Waals surface area contributed by atoms with E-state index in [9.17, 15) is 14.4 Å². The van der Waals surface area contributed by atoms with Crippen LogP contribution in [0.1, 0.15) is 44.2 Å². The number of carbonyl (C=O) groups excluding carboxylic acids is 2. The van der Waals surface area contributed by atoms with Crippen LogP contribution in [0, 0.1) is 0 Å². The lowest BCUT2D eigenvalue weighted by Crippen LogP contribution is -2.33. The number of cyclic esters (lactones) is 1. The molecule has 6 rings (SSSR count). The Balaban J connectivity index is 1.18. The van der Waals surface area contributed by atoms with Gasteiger partial charge in [0.1, 0.15) is 17.1 Å². The number of carbonyl (C=O) groups is 2. The topological polar surface area (TPSA) is 130 Å². The zero-order valence-electron chi connectivity index (χ0n) is 19.5. The van der Waals surface area contributed by atoms with Crippen LogP contribution in [-0.4, -0.2) is 45.6 Å². The summed E-state index contributed by atoms with van der Waals surface area (Å²) >= 11 is 3.39. The monoisotopic (exact) mass is 523 g/mol. The van der Waals surface area contributed by atoms with E-state index >= 15 is 0 Å². The lowest BCUT2D eigenvalue weighted by atomic mass is 9.97. The summed E-state index contributed by atoms with van der Waals surface area (Å²) in [5.74, 6) is 1.21. The van der Waals surface area contributed by atoms with Crippen LogP contribution in [0.25, 0.3) is 10.2 Å². The molecule has 9 nitrogen and oxygen atoms in total. The Morgan fingerprint density at radius 1 is 1.25 bits per heavy atom. The van der Waals surface area contributed by atoms with Crippen LogP contribution in [0.15, 0.2) is 34.4 Å². The van der Waals surface area contributed by atoms with Gasteiger partial charge in [-0.1, -0.05) is 18.2 Å². The largest absolute Gasteiger partial charge is 0.454 e. The van der Waals surface area contributed by atoms with E-state index in [4.69, 9.17) is 10.5 Å². The number of amides is 1. The van der Waals surface area contributed by atoms with Crippen molar-refractivity contribution in [2.45, 2.75) is 38.1 Å². The second-order valence-corrected chi connectivity index (χ2v) is 11.4. The molecule has 4 N–H and O–H groups in total. The molecule has 0 saturated carbocycles. The van der Waals surface area contributed by atoms with Crippen LogP contribution in [0.3, 0.4) is 0 Å². The van der Waals surface area contributed by atoms with E-state index in [1.165, 1.54) is 21.8 Å². The number of thiophene rings is 1. The number of aromatic nitrogens is 2. The number of thioether (sulfide) groups is 1. The van der Waals surface area contributed by atoms with E-state index in [1.54, 1.807) is 0 Å². The van der Waals surface area contributed by atoms with Crippen molar-refractivity contribution < 1.29 is 14.3 Å². The molecular formula is C25H25N5O4S2. The smallest absolute Gasteiger partial charge is 0.356 e. The molecule has 1 aromatic carbocycles. The molecular weight excluding hydrogens is 498 g/mol. The number of nitrogens with one attached hydrogen (secondary N) is 2. The predicted molar refractivity (Wildman–Crippen MR) is 139 cm³/mol. The third-order valence-corrected chi connectivity index (χ3v) is 9.20. The zero-order valence-corrected chi connectivity index (χ0v) is 21.2. The summed E-state index contributed by atoms with van der Waals surface area (Å²) in [6, 6.07) is 6.08. The second kappa shape index (κ2) is 9.29. The van der Waals surface area contributed by atoms with Gasteiger partial charge in [-0.3, -0.25) is 9.59 Å². The van der Waals surface area contributed by atoms with Crippen molar-refractivity contribution in [3.63, 3.8) is 0 Å². The van der Waals surface area contributed by atoms with Gasteiger partial charge in [0.2, 0.25) is 5.82 Å². The van der Waals surface area contributed by atoms with Gasteiger partial charge in [-0.15, -0.1) is 11.3 Å². The molecule has 0 spiro atoms. The molecule has 0 atom stereocenters. The first-order valence-electron chi connectivity index (χ1n) is 11.9. The van der Waals surface area contributed by atoms with Crippen molar-refractivity contribution in [1.82, 2.24) is 20.2 Å².